The van der Waals surface area contributed by atoms with Gasteiger partial charge in [-0.15, -0.1) is 12.4 Å². The van der Waals surface area contributed by atoms with Crippen molar-refractivity contribution >= 4 is 18.3 Å². The number of aryl methyl sites for hydroxylation is 1. The van der Waals surface area contributed by atoms with E-state index in [4.69, 9.17) is 0 Å². The number of nitrogens with zero attached hydrogens (tertiary/aromatic N) is 3. The Balaban J connectivity index is 0.00000200. The van der Waals surface area contributed by atoms with Crippen LogP contribution in [0.3, 0.4) is 0 Å². The van der Waals surface area contributed by atoms with Crippen LogP contribution in [-0.2, 0) is 0 Å². The molecule has 1 fully saturated rings. The molecule has 0 aliphatic carbocycles. The lowest BCUT2D eigenvalue weighted by molar-refractivity contribution is 0.0763. The van der Waals surface area contributed by atoms with E-state index in [0.717, 1.165) is 44.1 Å². The van der Waals surface area contributed by atoms with Crippen molar-refractivity contribution in [2.45, 2.75) is 33.1 Å². The highest BCUT2D eigenvalue weighted by Gasteiger charge is 2.22. The Kier molecular flexibility index (Phi) is 6.36. The van der Waals surface area contributed by atoms with Crippen LogP contribution in [0.2, 0.25) is 0 Å². The fourth-order valence-electron chi connectivity index (χ4n) is 2.31. The minimum Gasteiger partial charge on any atom is -0.337 e. The minimum atomic E-state index is 0. The molecule has 0 radical (unpaired) electrons. The molecular formula is C14H23ClN4O. The predicted molar refractivity (Wildman–Crippen MR) is 81.5 cm³/mol. The van der Waals surface area contributed by atoms with Gasteiger partial charge < -0.3 is 10.2 Å². The lowest BCUT2D eigenvalue weighted by Crippen LogP contribution is -2.35. The second-order valence-corrected chi connectivity index (χ2v) is 5.27. The van der Waals surface area contributed by atoms with Gasteiger partial charge in [0.25, 0.3) is 5.91 Å². The van der Waals surface area contributed by atoms with Crippen LogP contribution in [0.5, 0.6) is 0 Å². The third kappa shape index (κ3) is 3.90. The third-order valence-corrected chi connectivity index (χ3v) is 3.34. The summed E-state index contributed by atoms with van der Waals surface area (Å²) in [6.45, 7) is 9.36. The molecule has 20 heavy (non-hydrogen) atoms. The molecule has 1 aromatic rings. The van der Waals surface area contributed by atoms with Crippen molar-refractivity contribution < 1.29 is 4.79 Å². The van der Waals surface area contributed by atoms with E-state index in [-0.39, 0.29) is 24.2 Å². The van der Waals surface area contributed by atoms with Gasteiger partial charge in [-0.1, -0.05) is 13.8 Å². The van der Waals surface area contributed by atoms with Gasteiger partial charge in [0.15, 0.2) is 0 Å². The molecule has 1 saturated heterocycles. The highest BCUT2D eigenvalue weighted by molar-refractivity contribution is 5.95. The Bertz CT molecular complexity index is 456. The molecule has 2 heterocycles. The number of amides is 1. The second kappa shape index (κ2) is 7.55. The number of hydrogen-bond acceptors (Lipinski definition) is 4. The molecular weight excluding hydrogens is 276 g/mol. The third-order valence-electron chi connectivity index (χ3n) is 3.34. The van der Waals surface area contributed by atoms with Gasteiger partial charge in [0.05, 0.1) is 11.3 Å². The zero-order valence-electron chi connectivity index (χ0n) is 12.3. The summed E-state index contributed by atoms with van der Waals surface area (Å²) in [5.41, 5.74) is 1.51. The Hall–Kier alpha value is -1.20. The van der Waals surface area contributed by atoms with Gasteiger partial charge in [-0.05, 0) is 25.8 Å². The van der Waals surface area contributed by atoms with Crippen LogP contribution < -0.4 is 5.32 Å². The first-order chi connectivity index (χ1) is 9.09. The SMILES string of the molecule is Cc1ncc(C(=O)N2CCCNCC2)c(C(C)C)n1.Cl. The molecule has 5 nitrogen and oxygen atoms in total. The van der Waals surface area contributed by atoms with Gasteiger partial charge in [0.2, 0.25) is 0 Å². The molecule has 1 N–H and O–H groups in total. The van der Waals surface area contributed by atoms with Crippen molar-refractivity contribution in [1.29, 1.82) is 0 Å². The Morgan fingerprint density at radius 1 is 1.35 bits per heavy atom. The topological polar surface area (TPSA) is 58.1 Å². The molecule has 1 aromatic heterocycles. The standard InChI is InChI=1S/C14H22N4O.ClH/c1-10(2)13-12(9-16-11(3)17-13)14(19)18-7-4-5-15-6-8-18;/h9-10,15H,4-8H2,1-3H3;1H. The van der Waals surface area contributed by atoms with Crippen molar-refractivity contribution in [1.82, 2.24) is 20.2 Å². The minimum absolute atomic E-state index is 0. The molecule has 0 saturated carbocycles. The van der Waals surface area contributed by atoms with Crippen LogP contribution in [0.4, 0.5) is 0 Å². The summed E-state index contributed by atoms with van der Waals surface area (Å²) in [5.74, 6) is 1.01. The van der Waals surface area contributed by atoms with E-state index in [1.165, 1.54) is 0 Å². The predicted octanol–water partition coefficient (Wildman–Crippen LogP) is 1.77. The van der Waals surface area contributed by atoms with Crippen molar-refractivity contribution in [2.24, 2.45) is 0 Å². The second-order valence-electron chi connectivity index (χ2n) is 5.27. The maximum atomic E-state index is 12.6. The molecule has 1 aliphatic heterocycles. The van der Waals surface area contributed by atoms with E-state index in [1.54, 1.807) is 6.20 Å². The normalized spacial score (nSPS) is 15.7. The van der Waals surface area contributed by atoms with Gasteiger partial charge in [0.1, 0.15) is 5.82 Å². The van der Waals surface area contributed by atoms with Crippen LogP contribution in [-0.4, -0.2) is 47.0 Å². The summed E-state index contributed by atoms with van der Waals surface area (Å²) in [5, 5.41) is 3.30. The lowest BCUT2D eigenvalue weighted by atomic mass is 10.0. The molecule has 0 spiro atoms. The molecule has 0 atom stereocenters. The quantitative estimate of drug-likeness (QED) is 0.904. The highest BCUT2D eigenvalue weighted by atomic mass is 35.5. The lowest BCUT2D eigenvalue weighted by Gasteiger charge is -2.21. The van der Waals surface area contributed by atoms with Crippen molar-refractivity contribution in [3.05, 3.63) is 23.3 Å². The zero-order chi connectivity index (χ0) is 13.8. The molecule has 1 amide bonds. The molecule has 1 aliphatic rings. The maximum absolute atomic E-state index is 12.6. The van der Waals surface area contributed by atoms with Crippen LogP contribution in [0.1, 0.15) is 48.1 Å². The fourth-order valence-corrected chi connectivity index (χ4v) is 2.31. The molecule has 0 bridgehead atoms. The summed E-state index contributed by atoms with van der Waals surface area (Å²) >= 11 is 0. The van der Waals surface area contributed by atoms with Crippen molar-refractivity contribution in [2.75, 3.05) is 26.2 Å². The van der Waals surface area contributed by atoms with E-state index in [9.17, 15) is 4.79 Å². The number of aromatic nitrogens is 2. The maximum Gasteiger partial charge on any atom is 0.257 e. The molecule has 2 rings (SSSR count). The van der Waals surface area contributed by atoms with Crippen molar-refractivity contribution in [3.63, 3.8) is 0 Å². The Morgan fingerprint density at radius 2 is 2.10 bits per heavy atom. The van der Waals surface area contributed by atoms with Gasteiger partial charge in [0, 0.05) is 25.8 Å². The summed E-state index contributed by atoms with van der Waals surface area (Å²) < 4.78 is 0. The van der Waals surface area contributed by atoms with Crippen LogP contribution in [0.15, 0.2) is 6.20 Å². The Morgan fingerprint density at radius 3 is 2.80 bits per heavy atom. The highest BCUT2D eigenvalue weighted by Crippen LogP contribution is 2.18. The molecule has 0 aromatic carbocycles. The van der Waals surface area contributed by atoms with Crippen LogP contribution >= 0.6 is 12.4 Å². The number of halogens is 1. The Labute approximate surface area is 126 Å². The van der Waals surface area contributed by atoms with E-state index < -0.39 is 0 Å². The number of rotatable bonds is 2. The van der Waals surface area contributed by atoms with E-state index in [2.05, 4.69) is 29.1 Å². The van der Waals surface area contributed by atoms with Gasteiger partial charge in [-0.25, -0.2) is 9.97 Å². The monoisotopic (exact) mass is 298 g/mol. The fraction of sp³-hybridized carbons (Fsp3) is 0.643. The first-order valence-electron chi connectivity index (χ1n) is 6.93. The largest absolute Gasteiger partial charge is 0.337 e. The van der Waals surface area contributed by atoms with E-state index in [0.29, 0.717) is 5.56 Å². The van der Waals surface area contributed by atoms with E-state index >= 15 is 0 Å². The van der Waals surface area contributed by atoms with Gasteiger partial charge in [-0.2, -0.15) is 0 Å². The van der Waals surface area contributed by atoms with E-state index in [1.807, 2.05) is 11.8 Å². The van der Waals surface area contributed by atoms with Crippen molar-refractivity contribution in [3.8, 4) is 0 Å². The average Bonchev–Trinajstić information content (AvgIpc) is 2.66. The van der Waals surface area contributed by atoms with Crippen LogP contribution in [0, 0.1) is 6.92 Å². The van der Waals surface area contributed by atoms with Gasteiger partial charge >= 0.3 is 0 Å². The number of hydrogen-bond donors (Lipinski definition) is 1. The summed E-state index contributed by atoms with van der Waals surface area (Å²) in [4.78, 5) is 23.1. The van der Waals surface area contributed by atoms with Gasteiger partial charge in [-0.3, -0.25) is 4.79 Å². The number of nitrogens with one attached hydrogen (secondary N) is 1. The smallest absolute Gasteiger partial charge is 0.257 e. The average molecular weight is 299 g/mol. The molecule has 0 unspecified atom stereocenters. The summed E-state index contributed by atoms with van der Waals surface area (Å²) in [7, 11) is 0. The molecule has 6 heteroatoms. The summed E-state index contributed by atoms with van der Waals surface area (Å²) in [6.07, 6.45) is 2.67. The number of carbonyl (C=O) groups excluding carboxylic acids is 1. The first-order valence-corrected chi connectivity index (χ1v) is 6.93. The summed E-state index contributed by atoms with van der Waals surface area (Å²) in [6, 6.07) is 0. The molecule has 112 valence electrons. The van der Waals surface area contributed by atoms with Crippen LogP contribution in [0.25, 0.3) is 0 Å². The zero-order valence-corrected chi connectivity index (χ0v) is 13.2. The first kappa shape index (κ1) is 16.9. The number of carbonyl (C=O) groups is 1.